The Labute approximate surface area is 186 Å². The van der Waals surface area contributed by atoms with E-state index in [9.17, 15) is 9.18 Å². The summed E-state index contributed by atoms with van der Waals surface area (Å²) in [6.07, 6.45) is 3.14. The molecule has 156 valence electrons. The van der Waals surface area contributed by atoms with Gasteiger partial charge in [-0.3, -0.25) is 4.79 Å². The number of aryl methyl sites for hydroxylation is 1. The molecule has 1 aromatic heterocycles. The molecule has 0 radical (unpaired) electrons. The van der Waals surface area contributed by atoms with Crippen molar-refractivity contribution in [3.05, 3.63) is 82.1 Å². The highest BCUT2D eigenvalue weighted by Gasteiger charge is 2.10. The standard InChI is InChI=1S/C23H18BrFN4O2/c1-14-11-20-21(28-29(27-20)18-7-5-17(25)6-8-18)13-19(14)26-23(30)10-3-15-12-16(24)4-9-22(15)31-2/h3-13H,1-2H3,(H,26,30)/b10-3+. The van der Waals surface area contributed by atoms with Crippen LogP contribution >= 0.6 is 15.9 Å². The van der Waals surface area contributed by atoms with Crippen LogP contribution in [-0.2, 0) is 4.79 Å². The molecule has 1 heterocycles. The zero-order valence-electron chi connectivity index (χ0n) is 16.8. The number of halogens is 2. The summed E-state index contributed by atoms with van der Waals surface area (Å²) in [4.78, 5) is 13.9. The normalized spacial score (nSPS) is 11.2. The molecule has 0 spiro atoms. The second-order valence-electron chi connectivity index (χ2n) is 6.83. The predicted octanol–water partition coefficient (Wildman–Crippen LogP) is 5.29. The number of methoxy groups -OCH3 is 1. The number of benzene rings is 3. The van der Waals surface area contributed by atoms with Crippen LogP contribution in [0.5, 0.6) is 5.75 Å². The average Bonchev–Trinajstić information content (AvgIpc) is 3.15. The number of carbonyl (C=O) groups is 1. The van der Waals surface area contributed by atoms with E-state index < -0.39 is 0 Å². The summed E-state index contributed by atoms with van der Waals surface area (Å²) >= 11 is 3.42. The topological polar surface area (TPSA) is 69.0 Å². The number of nitrogens with zero attached hydrogens (tertiary/aromatic N) is 3. The van der Waals surface area contributed by atoms with E-state index in [-0.39, 0.29) is 11.7 Å². The largest absolute Gasteiger partial charge is 0.496 e. The zero-order valence-corrected chi connectivity index (χ0v) is 18.4. The number of amides is 1. The number of hydrogen-bond acceptors (Lipinski definition) is 4. The van der Waals surface area contributed by atoms with Gasteiger partial charge in [0.25, 0.3) is 0 Å². The fraction of sp³-hybridized carbons (Fsp3) is 0.0870. The molecule has 0 aliphatic carbocycles. The van der Waals surface area contributed by atoms with Gasteiger partial charge in [0.15, 0.2) is 0 Å². The Morgan fingerprint density at radius 3 is 2.52 bits per heavy atom. The van der Waals surface area contributed by atoms with Gasteiger partial charge in [0.05, 0.1) is 12.8 Å². The van der Waals surface area contributed by atoms with Crippen molar-refractivity contribution in [2.75, 3.05) is 12.4 Å². The minimum Gasteiger partial charge on any atom is -0.496 e. The van der Waals surface area contributed by atoms with Gasteiger partial charge in [0.2, 0.25) is 5.91 Å². The number of hydrogen-bond donors (Lipinski definition) is 1. The Morgan fingerprint density at radius 2 is 1.81 bits per heavy atom. The van der Waals surface area contributed by atoms with Crippen LogP contribution in [0.4, 0.5) is 10.1 Å². The van der Waals surface area contributed by atoms with Gasteiger partial charge in [0, 0.05) is 21.8 Å². The first kappa shape index (κ1) is 20.7. The Hall–Kier alpha value is -3.52. The van der Waals surface area contributed by atoms with Crippen LogP contribution < -0.4 is 10.1 Å². The smallest absolute Gasteiger partial charge is 0.248 e. The molecule has 0 fully saturated rings. The van der Waals surface area contributed by atoms with Gasteiger partial charge in [-0.25, -0.2) is 4.39 Å². The van der Waals surface area contributed by atoms with Gasteiger partial charge in [-0.05, 0) is 73.2 Å². The average molecular weight is 481 g/mol. The quantitative estimate of drug-likeness (QED) is 0.394. The van der Waals surface area contributed by atoms with Crippen molar-refractivity contribution >= 4 is 44.6 Å². The lowest BCUT2D eigenvalue weighted by Crippen LogP contribution is -2.09. The lowest BCUT2D eigenvalue weighted by atomic mass is 10.1. The summed E-state index contributed by atoms with van der Waals surface area (Å²) in [7, 11) is 1.58. The number of rotatable bonds is 5. The molecule has 6 nitrogen and oxygen atoms in total. The second kappa shape index (κ2) is 8.69. The summed E-state index contributed by atoms with van der Waals surface area (Å²) in [6.45, 7) is 1.88. The summed E-state index contributed by atoms with van der Waals surface area (Å²) < 4.78 is 19.4. The van der Waals surface area contributed by atoms with Gasteiger partial charge in [-0.2, -0.15) is 4.80 Å². The van der Waals surface area contributed by atoms with Gasteiger partial charge in [-0.15, -0.1) is 10.2 Å². The highest BCUT2D eigenvalue weighted by Crippen LogP contribution is 2.25. The van der Waals surface area contributed by atoms with Gasteiger partial charge in [-0.1, -0.05) is 15.9 Å². The Kier molecular flexibility index (Phi) is 5.81. The molecule has 4 aromatic rings. The number of fused-ring (bicyclic) bond motifs is 1. The van der Waals surface area contributed by atoms with Crippen LogP contribution in [0.25, 0.3) is 22.8 Å². The highest BCUT2D eigenvalue weighted by molar-refractivity contribution is 9.10. The Morgan fingerprint density at radius 1 is 1.10 bits per heavy atom. The second-order valence-corrected chi connectivity index (χ2v) is 7.75. The molecular weight excluding hydrogens is 463 g/mol. The Bertz CT molecular complexity index is 1300. The third-order valence-electron chi connectivity index (χ3n) is 4.65. The molecule has 0 saturated carbocycles. The van der Waals surface area contributed by atoms with Crippen LogP contribution in [0.1, 0.15) is 11.1 Å². The predicted molar refractivity (Wildman–Crippen MR) is 122 cm³/mol. The molecule has 1 N–H and O–H groups in total. The minimum atomic E-state index is -0.324. The van der Waals surface area contributed by atoms with Gasteiger partial charge >= 0.3 is 0 Å². The maximum absolute atomic E-state index is 13.2. The van der Waals surface area contributed by atoms with E-state index in [0.29, 0.717) is 28.2 Å². The first-order valence-electron chi connectivity index (χ1n) is 9.39. The van der Waals surface area contributed by atoms with Crippen molar-refractivity contribution in [3.63, 3.8) is 0 Å². The van der Waals surface area contributed by atoms with Crippen molar-refractivity contribution < 1.29 is 13.9 Å². The third kappa shape index (κ3) is 4.64. The number of anilines is 1. The maximum atomic E-state index is 13.2. The van der Waals surface area contributed by atoms with E-state index in [4.69, 9.17) is 4.74 Å². The van der Waals surface area contributed by atoms with Crippen LogP contribution in [0, 0.1) is 12.7 Å². The molecule has 0 bridgehead atoms. The summed E-state index contributed by atoms with van der Waals surface area (Å²) in [6, 6.07) is 15.1. The van der Waals surface area contributed by atoms with E-state index >= 15 is 0 Å². The molecule has 0 aliphatic heterocycles. The van der Waals surface area contributed by atoms with Crippen molar-refractivity contribution in [1.82, 2.24) is 15.0 Å². The summed E-state index contributed by atoms with van der Waals surface area (Å²) in [5, 5.41) is 11.8. The molecule has 0 aliphatic rings. The van der Waals surface area contributed by atoms with E-state index in [1.165, 1.54) is 23.0 Å². The fourth-order valence-electron chi connectivity index (χ4n) is 3.07. The number of nitrogens with one attached hydrogen (secondary N) is 1. The van der Waals surface area contributed by atoms with E-state index in [1.54, 1.807) is 31.4 Å². The number of ether oxygens (including phenoxy) is 1. The van der Waals surface area contributed by atoms with Crippen molar-refractivity contribution in [3.8, 4) is 11.4 Å². The van der Waals surface area contributed by atoms with Crippen LogP contribution in [-0.4, -0.2) is 28.0 Å². The lowest BCUT2D eigenvalue weighted by molar-refractivity contribution is -0.111. The van der Waals surface area contributed by atoms with Crippen LogP contribution in [0.2, 0.25) is 0 Å². The van der Waals surface area contributed by atoms with E-state index in [0.717, 1.165) is 15.6 Å². The zero-order chi connectivity index (χ0) is 22.0. The molecular formula is C23H18BrFN4O2. The minimum absolute atomic E-state index is 0.282. The number of carbonyl (C=O) groups excluding carboxylic acids is 1. The van der Waals surface area contributed by atoms with Gasteiger partial charge < -0.3 is 10.1 Å². The molecule has 31 heavy (non-hydrogen) atoms. The monoisotopic (exact) mass is 480 g/mol. The third-order valence-corrected chi connectivity index (χ3v) is 5.14. The Balaban J connectivity index is 1.56. The number of aromatic nitrogens is 3. The molecule has 4 rings (SSSR count). The summed E-state index contributed by atoms with van der Waals surface area (Å²) in [5.41, 5.74) is 4.19. The maximum Gasteiger partial charge on any atom is 0.248 e. The summed E-state index contributed by atoms with van der Waals surface area (Å²) in [5.74, 6) is 0.0625. The van der Waals surface area contributed by atoms with Crippen molar-refractivity contribution in [2.24, 2.45) is 0 Å². The molecule has 0 unspecified atom stereocenters. The van der Waals surface area contributed by atoms with E-state index in [1.807, 2.05) is 31.2 Å². The van der Waals surface area contributed by atoms with Gasteiger partial charge in [0.1, 0.15) is 22.6 Å². The molecule has 0 atom stereocenters. The van der Waals surface area contributed by atoms with E-state index in [2.05, 4.69) is 31.4 Å². The van der Waals surface area contributed by atoms with Crippen LogP contribution in [0.15, 0.2) is 65.1 Å². The van der Waals surface area contributed by atoms with Crippen molar-refractivity contribution in [1.29, 1.82) is 0 Å². The molecule has 0 saturated heterocycles. The first-order chi connectivity index (χ1) is 14.9. The lowest BCUT2D eigenvalue weighted by Gasteiger charge is -2.07. The highest BCUT2D eigenvalue weighted by atomic mass is 79.9. The molecule has 3 aromatic carbocycles. The molecule has 8 heteroatoms. The van der Waals surface area contributed by atoms with Crippen LogP contribution in [0.3, 0.4) is 0 Å². The SMILES string of the molecule is COc1ccc(Br)cc1/C=C/C(=O)Nc1cc2nn(-c3ccc(F)cc3)nc2cc1C. The fourth-order valence-corrected chi connectivity index (χ4v) is 3.45. The molecule has 1 amide bonds. The van der Waals surface area contributed by atoms with Crippen molar-refractivity contribution in [2.45, 2.75) is 6.92 Å². The first-order valence-corrected chi connectivity index (χ1v) is 10.2.